The maximum absolute atomic E-state index is 13.5. The van der Waals surface area contributed by atoms with E-state index in [0.29, 0.717) is 11.7 Å². The first-order valence-corrected chi connectivity index (χ1v) is 9.84. The van der Waals surface area contributed by atoms with Gasteiger partial charge in [-0.05, 0) is 36.2 Å². The number of aromatic nitrogens is 3. The first-order chi connectivity index (χ1) is 15.0. The molecule has 3 N–H and O–H groups in total. The highest BCUT2D eigenvalue weighted by molar-refractivity contribution is 5.96. The van der Waals surface area contributed by atoms with Gasteiger partial charge in [-0.3, -0.25) is 9.20 Å². The fraction of sp³-hybridized carbons (Fsp3) is 0.174. The Morgan fingerprint density at radius 2 is 1.97 bits per heavy atom. The number of fused-ring (bicyclic) bond motifs is 1. The molecule has 31 heavy (non-hydrogen) atoms. The molecule has 0 aliphatic carbocycles. The average Bonchev–Trinajstić information content (AvgIpc) is 3.18. The second-order valence-corrected chi connectivity index (χ2v) is 6.98. The van der Waals surface area contributed by atoms with Crippen molar-refractivity contribution in [3.8, 4) is 17.1 Å². The second-order valence-electron chi connectivity index (χ2n) is 6.98. The lowest BCUT2D eigenvalue weighted by molar-refractivity contribution is 0.0947. The van der Waals surface area contributed by atoms with Crippen LogP contribution in [-0.4, -0.2) is 27.4 Å². The molecule has 4 rings (SSSR count). The largest absolute Gasteiger partial charge is 0.496 e. The fourth-order valence-electron chi connectivity index (χ4n) is 3.48. The molecule has 0 aliphatic rings. The topological polar surface area (TPSA) is 94.5 Å². The number of carbonyl (C=O) groups excluding carboxylic acids is 1. The number of hydrogen-bond acceptors (Lipinski definition) is 5. The number of anilines is 1. The van der Waals surface area contributed by atoms with Crippen molar-refractivity contribution in [2.45, 2.75) is 19.9 Å². The van der Waals surface area contributed by atoms with Crippen molar-refractivity contribution in [2.75, 3.05) is 12.8 Å². The number of carbonyl (C=O) groups is 1. The maximum Gasteiger partial charge on any atom is 0.255 e. The lowest BCUT2D eigenvalue weighted by Crippen LogP contribution is -2.23. The Hall–Kier alpha value is -3.94. The fourth-order valence-corrected chi connectivity index (χ4v) is 3.48. The summed E-state index contributed by atoms with van der Waals surface area (Å²) in [7, 11) is 1.44. The average molecular weight is 419 g/mol. The van der Waals surface area contributed by atoms with Crippen LogP contribution in [0.1, 0.15) is 28.5 Å². The van der Waals surface area contributed by atoms with E-state index in [9.17, 15) is 9.18 Å². The van der Waals surface area contributed by atoms with E-state index in [0.717, 1.165) is 40.6 Å². The zero-order valence-corrected chi connectivity index (χ0v) is 17.2. The number of methoxy groups -OCH3 is 1. The summed E-state index contributed by atoms with van der Waals surface area (Å²) in [6.07, 6.45) is 2.45. The summed E-state index contributed by atoms with van der Waals surface area (Å²) in [5, 5.41) is 2.79. The van der Waals surface area contributed by atoms with Crippen LogP contribution < -0.4 is 15.8 Å². The molecule has 0 radical (unpaired) electrons. The lowest BCUT2D eigenvalue weighted by Gasteiger charge is -2.10. The molecular formula is C23H22FN5O2. The van der Waals surface area contributed by atoms with Gasteiger partial charge in [0, 0.05) is 18.3 Å². The highest BCUT2D eigenvalue weighted by atomic mass is 19.1. The van der Waals surface area contributed by atoms with Crippen molar-refractivity contribution in [3.63, 3.8) is 0 Å². The zero-order valence-electron chi connectivity index (χ0n) is 17.2. The molecule has 0 bridgehead atoms. The number of benzene rings is 2. The van der Waals surface area contributed by atoms with Gasteiger partial charge < -0.3 is 15.8 Å². The van der Waals surface area contributed by atoms with Crippen LogP contribution in [0.5, 0.6) is 5.75 Å². The summed E-state index contributed by atoms with van der Waals surface area (Å²) in [6, 6.07) is 13.4. The number of imidazole rings is 1. The quantitative estimate of drug-likeness (QED) is 0.498. The van der Waals surface area contributed by atoms with Gasteiger partial charge >= 0.3 is 0 Å². The van der Waals surface area contributed by atoms with Crippen molar-refractivity contribution in [2.24, 2.45) is 0 Å². The van der Waals surface area contributed by atoms with E-state index < -0.39 is 11.7 Å². The Labute approximate surface area is 178 Å². The molecule has 158 valence electrons. The number of ether oxygens (including phenoxy) is 1. The molecular weight excluding hydrogens is 397 g/mol. The van der Waals surface area contributed by atoms with Crippen molar-refractivity contribution in [3.05, 3.63) is 77.4 Å². The zero-order chi connectivity index (χ0) is 22.0. The molecule has 8 heteroatoms. The van der Waals surface area contributed by atoms with E-state index in [1.807, 2.05) is 41.7 Å². The molecule has 1 amide bonds. The van der Waals surface area contributed by atoms with Crippen molar-refractivity contribution in [1.82, 2.24) is 19.7 Å². The van der Waals surface area contributed by atoms with Gasteiger partial charge in [-0.15, -0.1) is 0 Å². The molecule has 0 fully saturated rings. The summed E-state index contributed by atoms with van der Waals surface area (Å²) in [5.41, 5.74) is 9.90. The number of nitrogens with zero attached hydrogens (tertiary/aromatic N) is 3. The van der Waals surface area contributed by atoms with Crippen molar-refractivity contribution >= 4 is 17.4 Å². The number of rotatable bonds is 6. The summed E-state index contributed by atoms with van der Waals surface area (Å²) < 4.78 is 20.5. The Bertz CT molecular complexity index is 1250. The Kier molecular flexibility index (Phi) is 5.53. The standard InChI is InChI=1S/C23H22FN5O2/c1-3-18-19-10-11-26-23(25)29(19)21(28-18)15-6-4-14(5-7-15)13-27-22(30)17-12-16(24)8-9-20(17)31-2/h4-12H,3,13H2,1-2H3,(H2,25,26)(H,27,30). The molecule has 0 unspecified atom stereocenters. The summed E-state index contributed by atoms with van der Waals surface area (Å²) in [6.45, 7) is 2.33. The van der Waals surface area contributed by atoms with Crippen molar-refractivity contribution in [1.29, 1.82) is 0 Å². The number of hydrogen-bond donors (Lipinski definition) is 2. The van der Waals surface area contributed by atoms with E-state index in [2.05, 4.69) is 10.3 Å². The smallest absolute Gasteiger partial charge is 0.255 e. The van der Waals surface area contributed by atoms with Crippen LogP contribution in [0, 0.1) is 5.82 Å². The minimum absolute atomic E-state index is 0.151. The summed E-state index contributed by atoms with van der Waals surface area (Å²) in [4.78, 5) is 21.4. The van der Waals surface area contributed by atoms with Gasteiger partial charge in [-0.2, -0.15) is 0 Å². The number of aryl methyl sites for hydroxylation is 1. The molecule has 0 saturated carbocycles. The Morgan fingerprint density at radius 1 is 1.19 bits per heavy atom. The van der Waals surface area contributed by atoms with E-state index in [1.165, 1.54) is 19.2 Å². The predicted molar refractivity (Wildman–Crippen MR) is 116 cm³/mol. The van der Waals surface area contributed by atoms with E-state index in [1.54, 1.807) is 6.20 Å². The number of amides is 1. The van der Waals surface area contributed by atoms with E-state index >= 15 is 0 Å². The number of nitrogen functional groups attached to an aromatic ring is 1. The molecule has 2 aromatic heterocycles. The van der Waals surface area contributed by atoms with Crippen LogP contribution in [0.25, 0.3) is 16.9 Å². The maximum atomic E-state index is 13.5. The minimum atomic E-state index is -0.498. The molecule has 0 aliphatic heterocycles. The lowest BCUT2D eigenvalue weighted by atomic mass is 10.1. The third-order valence-electron chi connectivity index (χ3n) is 5.06. The van der Waals surface area contributed by atoms with Gasteiger partial charge in [0.1, 0.15) is 17.4 Å². The van der Waals surface area contributed by atoms with Crippen LogP contribution in [0.4, 0.5) is 10.3 Å². The molecule has 4 aromatic rings. The van der Waals surface area contributed by atoms with E-state index in [-0.39, 0.29) is 12.1 Å². The highest BCUT2D eigenvalue weighted by Gasteiger charge is 2.15. The Balaban J connectivity index is 1.54. The SMILES string of the molecule is CCc1nc(-c2ccc(CNC(=O)c3cc(F)ccc3OC)cc2)n2c(N)nccc12. The predicted octanol–water partition coefficient (Wildman–Crippen LogP) is 3.62. The second kappa shape index (κ2) is 8.43. The third kappa shape index (κ3) is 3.92. The van der Waals surface area contributed by atoms with Crippen LogP contribution in [0.15, 0.2) is 54.7 Å². The molecule has 0 atom stereocenters. The van der Waals surface area contributed by atoms with Gasteiger partial charge in [-0.1, -0.05) is 31.2 Å². The molecule has 0 spiro atoms. The normalized spacial score (nSPS) is 10.9. The minimum Gasteiger partial charge on any atom is -0.496 e. The summed E-state index contributed by atoms with van der Waals surface area (Å²) >= 11 is 0. The van der Waals surface area contributed by atoms with Crippen LogP contribution in [0.2, 0.25) is 0 Å². The van der Waals surface area contributed by atoms with Gasteiger partial charge in [0.15, 0.2) is 0 Å². The molecule has 7 nitrogen and oxygen atoms in total. The van der Waals surface area contributed by atoms with Crippen LogP contribution >= 0.6 is 0 Å². The van der Waals surface area contributed by atoms with Gasteiger partial charge in [-0.25, -0.2) is 14.4 Å². The van der Waals surface area contributed by atoms with Crippen LogP contribution in [0.3, 0.4) is 0 Å². The number of halogens is 1. The number of nitrogens with one attached hydrogen (secondary N) is 1. The van der Waals surface area contributed by atoms with Gasteiger partial charge in [0.25, 0.3) is 5.91 Å². The third-order valence-corrected chi connectivity index (χ3v) is 5.06. The van der Waals surface area contributed by atoms with Gasteiger partial charge in [0.2, 0.25) is 5.95 Å². The molecule has 0 saturated heterocycles. The van der Waals surface area contributed by atoms with Crippen molar-refractivity contribution < 1.29 is 13.9 Å². The first kappa shape index (κ1) is 20.3. The molecule has 2 aromatic carbocycles. The van der Waals surface area contributed by atoms with Crippen LogP contribution in [-0.2, 0) is 13.0 Å². The Morgan fingerprint density at radius 3 is 2.68 bits per heavy atom. The summed E-state index contributed by atoms with van der Waals surface area (Å²) in [5.74, 6) is 0.504. The van der Waals surface area contributed by atoms with E-state index in [4.69, 9.17) is 15.5 Å². The number of nitrogens with two attached hydrogens (primary N) is 1. The van der Waals surface area contributed by atoms with Gasteiger partial charge in [0.05, 0.1) is 23.9 Å². The molecule has 2 heterocycles. The highest BCUT2D eigenvalue weighted by Crippen LogP contribution is 2.25. The first-order valence-electron chi connectivity index (χ1n) is 9.84. The monoisotopic (exact) mass is 419 g/mol.